The van der Waals surface area contributed by atoms with Gasteiger partial charge in [0.15, 0.2) is 0 Å². The molecule has 2 aliphatic carbocycles. The molecule has 1 saturated carbocycles. The quantitative estimate of drug-likeness (QED) is 0.854. The smallest absolute Gasteiger partial charge is 0.228 e. The van der Waals surface area contributed by atoms with E-state index in [2.05, 4.69) is 22.6 Å². The first-order valence-corrected chi connectivity index (χ1v) is 7.84. The Bertz CT molecular complexity index is 486. The zero-order chi connectivity index (χ0) is 13.8. The molecule has 0 aromatic carbocycles. The normalized spacial score (nSPS) is 23.7. The number of amides is 1. The van der Waals surface area contributed by atoms with Gasteiger partial charge >= 0.3 is 0 Å². The number of nitrogens with zero attached hydrogens (tertiary/aromatic N) is 2. The molecule has 1 N–H and O–H groups in total. The monoisotopic (exact) mass is 273 g/mol. The summed E-state index contributed by atoms with van der Waals surface area (Å²) in [4.78, 5) is 12.3. The van der Waals surface area contributed by atoms with Crippen LogP contribution < -0.4 is 5.32 Å². The number of hydrogen-bond donors (Lipinski definition) is 1. The predicted octanol–water partition coefficient (Wildman–Crippen LogP) is 3.68. The van der Waals surface area contributed by atoms with Gasteiger partial charge in [0.1, 0.15) is 5.82 Å². The Morgan fingerprint density at radius 1 is 1.20 bits per heavy atom. The minimum atomic E-state index is 0.120. The van der Waals surface area contributed by atoms with Crippen LogP contribution in [0.3, 0.4) is 0 Å². The lowest BCUT2D eigenvalue weighted by molar-refractivity contribution is -0.120. The minimum absolute atomic E-state index is 0.120. The maximum Gasteiger partial charge on any atom is 0.228 e. The number of nitrogens with one attached hydrogen (secondary N) is 1. The summed E-state index contributed by atoms with van der Waals surface area (Å²) in [5.41, 5.74) is 0. The van der Waals surface area contributed by atoms with Crippen molar-refractivity contribution in [3.05, 3.63) is 24.4 Å². The zero-order valence-electron chi connectivity index (χ0n) is 11.9. The first kappa shape index (κ1) is 13.4. The van der Waals surface area contributed by atoms with Crippen molar-refractivity contribution in [1.29, 1.82) is 0 Å². The Hall–Kier alpha value is -1.58. The van der Waals surface area contributed by atoms with Gasteiger partial charge in [0.25, 0.3) is 0 Å². The summed E-state index contributed by atoms with van der Waals surface area (Å²) in [5, 5.41) is 7.51. The van der Waals surface area contributed by atoms with E-state index in [1.54, 1.807) is 6.20 Å². The minimum Gasteiger partial charge on any atom is -0.311 e. The molecular formula is C16H23N3O. The molecule has 1 amide bonds. The summed E-state index contributed by atoms with van der Waals surface area (Å²) in [5.74, 6) is 1.14. The van der Waals surface area contributed by atoms with E-state index in [1.807, 2.05) is 10.7 Å². The van der Waals surface area contributed by atoms with Crippen LogP contribution in [0.25, 0.3) is 0 Å². The second-order valence-electron chi connectivity index (χ2n) is 5.92. The van der Waals surface area contributed by atoms with Gasteiger partial charge in [-0.3, -0.25) is 4.79 Å². The van der Waals surface area contributed by atoms with E-state index in [9.17, 15) is 4.79 Å². The fourth-order valence-corrected chi connectivity index (χ4v) is 3.29. The highest BCUT2D eigenvalue weighted by molar-refractivity contribution is 5.91. The highest BCUT2D eigenvalue weighted by atomic mass is 16.2. The van der Waals surface area contributed by atoms with Gasteiger partial charge < -0.3 is 5.32 Å². The number of carbonyl (C=O) groups excluding carboxylic acids is 1. The van der Waals surface area contributed by atoms with Gasteiger partial charge in [-0.1, -0.05) is 31.4 Å². The molecule has 0 radical (unpaired) electrons. The average molecular weight is 273 g/mol. The number of anilines is 1. The van der Waals surface area contributed by atoms with Crippen LogP contribution in [0, 0.1) is 5.92 Å². The molecule has 108 valence electrons. The van der Waals surface area contributed by atoms with Crippen molar-refractivity contribution in [2.75, 3.05) is 5.32 Å². The van der Waals surface area contributed by atoms with Gasteiger partial charge in [-0.15, -0.1) is 0 Å². The van der Waals surface area contributed by atoms with Crippen LogP contribution in [0.15, 0.2) is 24.4 Å². The summed E-state index contributed by atoms with van der Waals surface area (Å²) >= 11 is 0. The molecule has 2 aliphatic rings. The van der Waals surface area contributed by atoms with Gasteiger partial charge in [-0.25, -0.2) is 4.68 Å². The molecule has 0 aliphatic heterocycles. The molecule has 0 spiro atoms. The van der Waals surface area contributed by atoms with E-state index in [-0.39, 0.29) is 11.8 Å². The maximum atomic E-state index is 12.3. The van der Waals surface area contributed by atoms with Crippen molar-refractivity contribution in [2.45, 2.75) is 57.4 Å². The van der Waals surface area contributed by atoms with Gasteiger partial charge in [-0.05, 0) is 32.1 Å². The second-order valence-corrected chi connectivity index (χ2v) is 5.92. The van der Waals surface area contributed by atoms with Crippen molar-refractivity contribution < 1.29 is 4.79 Å². The SMILES string of the molecule is O=C(Nc1ccnn1C1CCCCC1)[C@H]1CC=CCC1. The van der Waals surface area contributed by atoms with Crippen LogP contribution in [-0.2, 0) is 4.79 Å². The Labute approximate surface area is 120 Å². The predicted molar refractivity (Wildman–Crippen MR) is 79.5 cm³/mol. The maximum absolute atomic E-state index is 12.3. The average Bonchev–Trinajstić information content (AvgIpc) is 2.97. The molecular weight excluding hydrogens is 250 g/mol. The molecule has 1 aromatic rings. The third-order valence-corrected chi connectivity index (χ3v) is 4.48. The molecule has 1 fully saturated rings. The lowest BCUT2D eigenvalue weighted by Crippen LogP contribution is -2.26. The number of carbonyl (C=O) groups is 1. The van der Waals surface area contributed by atoms with E-state index >= 15 is 0 Å². The van der Waals surface area contributed by atoms with Gasteiger partial charge in [0.2, 0.25) is 5.91 Å². The molecule has 0 bridgehead atoms. The first-order valence-electron chi connectivity index (χ1n) is 7.84. The lowest BCUT2D eigenvalue weighted by Gasteiger charge is -2.24. The fraction of sp³-hybridized carbons (Fsp3) is 0.625. The number of aromatic nitrogens is 2. The third-order valence-electron chi connectivity index (χ3n) is 4.48. The topological polar surface area (TPSA) is 46.9 Å². The van der Waals surface area contributed by atoms with Crippen molar-refractivity contribution in [3.63, 3.8) is 0 Å². The zero-order valence-corrected chi connectivity index (χ0v) is 11.9. The number of allylic oxidation sites excluding steroid dienone is 2. The van der Waals surface area contributed by atoms with Crippen molar-refractivity contribution in [3.8, 4) is 0 Å². The highest BCUT2D eigenvalue weighted by Crippen LogP contribution is 2.30. The second kappa shape index (κ2) is 6.25. The van der Waals surface area contributed by atoms with Gasteiger partial charge in [-0.2, -0.15) is 5.10 Å². The Morgan fingerprint density at radius 3 is 2.80 bits per heavy atom. The van der Waals surface area contributed by atoms with E-state index in [0.717, 1.165) is 25.1 Å². The van der Waals surface area contributed by atoms with Gasteiger partial charge in [0, 0.05) is 12.0 Å². The lowest BCUT2D eigenvalue weighted by atomic mass is 9.93. The molecule has 3 rings (SSSR count). The van der Waals surface area contributed by atoms with E-state index in [1.165, 1.54) is 32.1 Å². The Kier molecular flexibility index (Phi) is 4.19. The molecule has 4 heteroatoms. The Balaban J connectivity index is 1.66. The summed E-state index contributed by atoms with van der Waals surface area (Å²) in [7, 11) is 0. The van der Waals surface area contributed by atoms with Crippen LogP contribution in [-0.4, -0.2) is 15.7 Å². The molecule has 1 heterocycles. The van der Waals surface area contributed by atoms with Crippen LogP contribution in [0.1, 0.15) is 57.4 Å². The van der Waals surface area contributed by atoms with E-state index < -0.39 is 0 Å². The van der Waals surface area contributed by atoms with E-state index in [0.29, 0.717) is 6.04 Å². The third kappa shape index (κ3) is 2.94. The molecule has 1 atom stereocenters. The summed E-state index contributed by atoms with van der Waals surface area (Å²) in [6.45, 7) is 0. The molecule has 0 unspecified atom stereocenters. The molecule has 4 nitrogen and oxygen atoms in total. The standard InChI is InChI=1S/C16H23N3O/c20-16(13-7-3-1-4-8-13)18-15-11-12-17-19(15)14-9-5-2-6-10-14/h1,3,11-14H,2,4-10H2,(H,18,20)/t13-/m0/s1. The Morgan fingerprint density at radius 2 is 2.05 bits per heavy atom. The van der Waals surface area contributed by atoms with Gasteiger partial charge in [0.05, 0.1) is 12.2 Å². The number of rotatable bonds is 3. The summed E-state index contributed by atoms with van der Waals surface area (Å²) in [6.07, 6.45) is 15.1. The molecule has 20 heavy (non-hydrogen) atoms. The van der Waals surface area contributed by atoms with Crippen molar-refractivity contribution >= 4 is 11.7 Å². The molecule has 1 aromatic heterocycles. The fourth-order valence-electron chi connectivity index (χ4n) is 3.29. The summed E-state index contributed by atoms with van der Waals surface area (Å²) < 4.78 is 2.02. The van der Waals surface area contributed by atoms with Crippen LogP contribution >= 0.6 is 0 Å². The first-order chi connectivity index (χ1) is 9.84. The largest absolute Gasteiger partial charge is 0.311 e. The van der Waals surface area contributed by atoms with Crippen LogP contribution in [0.5, 0.6) is 0 Å². The van der Waals surface area contributed by atoms with Crippen molar-refractivity contribution in [2.24, 2.45) is 5.92 Å². The van der Waals surface area contributed by atoms with E-state index in [4.69, 9.17) is 0 Å². The van der Waals surface area contributed by atoms with Crippen LogP contribution in [0.2, 0.25) is 0 Å². The number of hydrogen-bond acceptors (Lipinski definition) is 2. The summed E-state index contributed by atoms with van der Waals surface area (Å²) in [6, 6.07) is 2.38. The van der Waals surface area contributed by atoms with Crippen molar-refractivity contribution in [1.82, 2.24) is 9.78 Å². The highest BCUT2D eigenvalue weighted by Gasteiger charge is 2.22. The van der Waals surface area contributed by atoms with Crippen LogP contribution in [0.4, 0.5) is 5.82 Å². The molecule has 0 saturated heterocycles.